The largest absolute Gasteiger partial charge is 0.388 e. The van der Waals surface area contributed by atoms with E-state index in [2.05, 4.69) is 54.6 Å². The monoisotopic (exact) mass is 260 g/mol. The van der Waals surface area contributed by atoms with Gasteiger partial charge in [0.2, 0.25) is 0 Å². The highest BCUT2D eigenvalue weighted by molar-refractivity contribution is 5.83. The molecule has 0 aromatic heterocycles. The van der Waals surface area contributed by atoms with Crippen LogP contribution in [0, 0.1) is 0 Å². The van der Waals surface area contributed by atoms with Gasteiger partial charge in [0.25, 0.3) is 0 Å². The van der Waals surface area contributed by atoms with Gasteiger partial charge in [-0.05, 0) is 33.9 Å². The first-order valence-electron chi connectivity index (χ1n) is 7.08. The van der Waals surface area contributed by atoms with Crippen LogP contribution in [0.5, 0.6) is 0 Å². The molecule has 0 amide bonds. The Bertz CT molecular complexity index is 775. The number of hydrogen-bond donors (Lipinski definition) is 1. The minimum atomic E-state index is -0.331. The second-order valence-corrected chi connectivity index (χ2v) is 5.54. The van der Waals surface area contributed by atoms with Crippen LogP contribution in [0.15, 0.2) is 66.7 Å². The molecule has 2 atom stereocenters. The maximum absolute atomic E-state index is 10.2. The zero-order valence-corrected chi connectivity index (χ0v) is 11.2. The van der Waals surface area contributed by atoms with E-state index in [4.69, 9.17) is 0 Å². The Morgan fingerprint density at radius 3 is 2.30 bits per heavy atom. The normalized spacial score (nSPS) is 21.1. The molecule has 1 nitrogen and oxygen atoms in total. The van der Waals surface area contributed by atoms with Gasteiger partial charge in [-0.3, -0.25) is 0 Å². The Morgan fingerprint density at radius 2 is 1.45 bits per heavy atom. The Hall–Kier alpha value is -2.12. The average Bonchev–Trinajstić information content (AvgIpc) is 2.85. The third-order valence-corrected chi connectivity index (χ3v) is 4.37. The zero-order chi connectivity index (χ0) is 13.5. The molecule has 0 unspecified atom stereocenters. The lowest BCUT2D eigenvalue weighted by Gasteiger charge is -2.13. The molecule has 0 radical (unpaired) electrons. The smallest absolute Gasteiger partial charge is 0.0802 e. The molecule has 0 heterocycles. The van der Waals surface area contributed by atoms with Gasteiger partial charge in [-0.2, -0.15) is 0 Å². The topological polar surface area (TPSA) is 20.2 Å². The molecule has 20 heavy (non-hydrogen) atoms. The lowest BCUT2D eigenvalue weighted by molar-refractivity contribution is 0.176. The van der Waals surface area contributed by atoms with Gasteiger partial charge in [-0.15, -0.1) is 0 Å². The summed E-state index contributed by atoms with van der Waals surface area (Å²) in [4.78, 5) is 0. The molecule has 3 aromatic carbocycles. The van der Waals surface area contributed by atoms with Crippen LogP contribution >= 0.6 is 0 Å². The highest BCUT2D eigenvalue weighted by Crippen LogP contribution is 2.44. The fraction of sp³-hybridized carbons (Fsp3) is 0.158. The van der Waals surface area contributed by atoms with Gasteiger partial charge >= 0.3 is 0 Å². The Morgan fingerprint density at radius 1 is 0.750 bits per heavy atom. The number of rotatable bonds is 1. The van der Waals surface area contributed by atoms with Crippen LogP contribution in [0.1, 0.15) is 35.1 Å². The van der Waals surface area contributed by atoms with Crippen molar-refractivity contribution in [2.24, 2.45) is 0 Å². The standard InChI is InChI=1S/C19H16O/c20-19-12-18(16-7-3-4-8-17(16)19)15-10-9-13-5-1-2-6-14(13)11-15/h1-11,18-20H,12H2/t18-,19+/m1/s1. The van der Waals surface area contributed by atoms with Gasteiger partial charge in [-0.25, -0.2) is 0 Å². The van der Waals surface area contributed by atoms with Gasteiger partial charge in [0.1, 0.15) is 0 Å². The van der Waals surface area contributed by atoms with Crippen molar-refractivity contribution in [3.8, 4) is 0 Å². The lowest BCUT2D eigenvalue weighted by atomic mass is 9.91. The predicted octanol–water partition coefficient (Wildman–Crippen LogP) is 4.41. The molecule has 0 bridgehead atoms. The predicted molar refractivity (Wildman–Crippen MR) is 81.8 cm³/mol. The van der Waals surface area contributed by atoms with Crippen molar-refractivity contribution in [3.63, 3.8) is 0 Å². The van der Waals surface area contributed by atoms with Gasteiger partial charge in [-0.1, -0.05) is 66.7 Å². The molecule has 98 valence electrons. The highest BCUT2D eigenvalue weighted by Gasteiger charge is 2.30. The van der Waals surface area contributed by atoms with Crippen LogP contribution in [0.3, 0.4) is 0 Å². The number of benzene rings is 3. The molecule has 1 aliphatic rings. The van der Waals surface area contributed by atoms with E-state index in [1.807, 2.05) is 12.1 Å². The Kier molecular flexibility index (Phi) is 2.61. The molecule has 0 saturated carbocycles. The van der Waals surface area contributed by atoms with Gasteiger partial charge in [0.15, 0.2) is 0 Å². The maximum atomic E-state index is 10.2. The van der Waals surface area contributed by atoms with Crippen LogP contribution < -0.4 is 0 Å². The average molecular weight is 260 g/mol. The summed E-state index contributed by atoms with van der Waals surface area (Å²) in [6.45, 7) is 0. The van der Waals surface area contributed by atoms with Crippen LogP contribution in [-0.4, -0.2) is 5.11 Å². The summed E-state index contributed by atoms with van der Waals surface area (Å²) in [5, 5.41) is 12.8. The van der Waals surface area contributed by atoms with E-state index >= 15 is 0 Å². The summed E-state index contributed by atoms with van der Waals surface area (Å²) < 4.78 is 0. The summed E-state index contributed by atoms with van der Waals surface area (Å²) in [6, 6.07) is 23.3. The van der Waals surface area contributed by atoms with Crippen LogP contribution in [0.4, 0.5) is 0 Å². The second-order valence-electron chi connectivity index (χ2n) is 5.54. The third kappa shape index (κ3) is 1.75. The van der Waals surface area contributed by atoms with Gasteiger partial charge in [0.05, 0.1) is 6.10 Å². The zero-order valence-electron chi connectivity index (χ0n) is 11.2. The molecule has 1 heteroatoms. The number of fused-ring (bicyclic) bond motifs is 2. The summed E-state index contributed by atoms with van der Waals surface area (Å²) in [5.74, 6) is 0.311. The minimum Gasteiger partial charge on any atom is -0.388 e. The highest BCUT2D eigenvalue weighted by atomic mass is 16.3. The molecule has 0 fully saturated rings. The number of hydrogen-bond acceptors (Lipinski definition) is 1. The Balaban J connectivity index is 1.84. The molecular weight excluding hydrogens is 244 g/mol. The first-order chi connectivity index (χ1) is 9.83. The maximum Gasteiger partial charge on any atom is 0.0802 e. The summed E-state index contributed by atoms with van der Waals surface area (Å²) >= 11 is 0. The van der Waals surface area contributed by atoms with Gasteiger partial charge < -0.3 is 5.11 Å². The van der Waals surface area contributed by atoms with Crippen LogP contribution in [0.25, 0.3) is 10.8 Å². The quantitative estimate of drug-likeness (QED) is 0.687. The van der Waals surface area contributed by atoms with E-state index in [0.717, 1.165) is 12.0 Å². The van der Waals surface area contributed by atoms with Crippen LogP contribution in [0.2, 0.25) is 0 Å². The van der Waals surface area contributed by atoms with Crippen molar-refractivity contribution in [2.75, 3.05) is 0 Å². The number of aliphatic hydroxyl groups is 1. The summed E-state index contributed by atoms with van der Waals surface area (Å²) in [5.41, 5.74) is 3.66. The second kappa shape index (κ2) is 4.46. The third-order valence-electron chi connectivity index (χ3n) is 4.37. The number of aliphatic hydroxyl groups excluding tert-OH is 1. The molecule has 0 saturated heterocycles. The van der Waals surface area contributed by atoms with Crippen molar-refractivity contribution in [2.45, 2.75) is 18.4 Å². The fourth-order valence-corrected chi connectivity index (χ4v) is 3.35. The summed E-state index contributed by atoms with van der Waals surface area (Å²) in [6.07, 6.45) is 0.459. The molecule has 0 aliphatic heterocycles. The summed E-state index contributed by atoms with van der Waals surface area (Å²) in [7, 11) is 0. The van der Waals surface area contributed by atoms with E-state index in [9.17, 15) is 5.11 Å². The first kappa shape index (κ1) is 11.7. The molecule has 3 aromatic rings. The molecular formula is C19H16O. The van der Waals surface area contributed by atoms with E-state index in [1.165, 1.54) is 21.9 Å². The van der Waals surface area contributed by atoms with Gasteiger partial charge in [0, 0.05) is 5.92 Å². The molecule has 1 N–H and O–H groups in total. The van der Waals surface area contributed by atoms with E-state index < -0.39 is 0 Å². The molecule has 1 aliphatic carbocycles. The van der Waals surface area contributed by atoms with Crippen molar-refractivity contribution >= 4 is 10.8 Å². The van der Waals surface area contributed by atoms with Crippen molar-refractivity contribution in [1.29, 1.82) is 0 Å². The van der Waals surface area contributed by atoms with Crippen molar-refractivity contribution < 1.29 is 5.11 Å². The minimum absolute atomic E-state index is 0.311. The van der Waals surface area contributed by atoms with E-state index in [1.54, 1.807) is 0 Å². The van der Waals surface area contributed by atoms with Crippen molar-refractivity contribution in [1.82, 2.24) is 0 Å². The van der Waals surface area contributed by atoms with E-state index in [-0.39, 0.29) is 6.10 Å². The molecule has 4 rings (SSSR count). The SMILES string of the molecule is O[C@H]1C[C@H](c2ccc3ccccc3c2)c2ccccc21. The van der Waals surface area contributed by atoms with E-state index in [0.29, 0.717) is 5.92 Å². The van der Waals surface area contributed by atoms with Crippen LogP contribution in [-0.2, 0) is 0 Å². The van der Waals surface area contributed by atoms with Crippen molar-refractivity contribution in [3.05, 3.63) is 83.4 Å². The fourth-order valence-electron chi connectivity index (χ4n) is 3.35. The molecule has 0 spiro atoms. The Labute approximate surface area is 118 Å². The first-order valence-corrected chi connectivity index (χ1v) is 7.08. The lowest BCUT2D eigenvalue weighted by Crippen LogP contribution is -1.96.